The van der Waals surface area contributed by atoms with Gasteiger partial charge < -0.3 is 15.4 Å². The summed E-state index contributed by atoms with van der Waals surface area (Å²) < 4.78 is 18.1. The van der Waals surface area contributed by atoms with Crippen LogP contribution >= 0.6 is 0 Å². The molecular weight excluding hydrogens is 361 g/mol. The van der Waals surface area contributed by atoms with Crippen molar-refractivity contribution in [2.45, 2.75) is 6.54 Å². The minimum absolute atomic E-state index is 0.233. The molecule has 0 fully saturated rings. The van der Waals surface area contributed by atoms with Gasteiger partial charge in [-0.25, -0.2) is 4.39 Å². The fourth-order valence-corrected chi connectivity index (χ4v) is 2.52. The second-order valence-electron chi connectivity index (χ2n) is 5.93. The molecule has 7 heteroatoms. The van der Waals surface area contributed by atoms with E-state index in [-0.39, 0.29) is 29.4 Å². The van der Waals surface area contributed by atoms with Gasteiger partial charge in [0.2, 0.25) is 0 Å². The smallest absolute Gasteiger partial charge is 0.257 e. The fraction of sp³-hybridized carbons (Fsp3) is 0.0952. The Morgan fingerprint density at radius 2 is 1.68 bits per heavy atom. The lowest BCUT2D eigenvalue weighted by Crippen LogP contribution is -2.23. The first-order valence-corrected chi connectivity index (χ1v) is 8.49. The van der Waals surface area contributed by atoms with Crippen LogP contribution < -0.4 is 15.4 Å². The van der Waals surface area contributed by atoms with Crippen molar-refractivity contribution in [2.75, 3.05) is 12.4 Å². The van der Waals surface area contributed by atoms with Gasteiger partial charge in [-0.2, -0.15) is 0 Å². The monoisotopic (exact) mass is 379 g/mol. The summed E-state index contributed by atoms with van der Waals surface area (Å²) in [6, 6.07) is 14.3. The number of carbonyl (C=O) groups excluding carboxylic acids is 2. The number of aromatic nitrogens is 1. The first-order valence-electron chi connectivity index (χ1n) is 8.49. The van der Waals surface area contributed by atoms with Gasteiger partial charge in [-0.15, -0.1) is 0 Å². The summed E-state index contributed by atoms with van der Waals surface area (Å²) in [6.07, 6.45) is 2.75. The van der Waals surface area contributed by atoms with Gasteiger partial charge in [0.05, 0.1) is 23.9 Å². The summed E-state index contributed by atoms with van der Waals surface area (Å²) in [5, 5.41) is 5.45. The molecule has 2 aromatic carbocycles. The Hall–Kier alpha value is -3.74. The van der Waals surface area contributed by atoms with Crippen molar-refractivity contribution < 1.29 is 18.7 Å². The van der Waals surface area contributed by atoms with E-state index in [1.54, 1.807) is 36.4 Å². The number of nitrogens with zero attached hydrogens (tertiary/aromatic N) is 1. The molecule has 0 atom stereocenters. The van der Waals surface area contributed by atoms with Crippen LogP contribution in [0.2, 0.25) is 0 Å². The lowest BCUT2D eigenvalue weighted by molar-refractivity contribution is 0.0950. The molecule has 0 aliphatic rings. The maximum atomic E-state index is 12.9. The van der Waals surface area contributed by atoms with Gasteiger partial charge in [-0.05, 0) is 35.9 Å². The Balaban J connectivity index is 1.68. The number of rotatable bonds is 6. The van der Waals surface area contributed by atoms with Gasteiger partial charge in [0.15, 0.2) is 0 Å². The standard InChI is InChI=1S/C21H18FN3O3/c1-28-19-5-3-2-4-18(19)25-21(27)16-10-15(12-23-13-16)20(26)24-11-14-6-8-17(22)9-7-14/h2-10,12-13H,11H2,1H3,(H,24,26)(H,25,27). The molecule has 6 nitrogen and oxygen atoms in total. The number of benzene rings is 2. The van der Waals surface area contributed by atoms with Crippen LogP contribution in [0.1, 0.15) is 26.3 Å². The van der Waals surface area contributed by atoms with Crippen molar-refractivity contribution >= 4 is 17.5 Å². The zero-order valence-electron chi connectivity index (χ0n) is 15.1. The maximum absolute atomic E-state index is 12.9. The van der Waals surface area contributed by atoms with E-state index in [1.165, 1.54) is 37.7 Å². The molecule has 28 heavy (non-hydrogen) atoms. The van der Waals surface area contributed by atoms with Crippen LogP contribution in [0.25, 0.3) is 0 Å². The molecule has 0 bridgehead atoms. The Kier molecular flexibility index (Phi) is 5.96. The number of carbonyl (C=O) groups is 2. The molecule has 2 amide bonds. The Morgan fingerprint density at radius 3 is 2.39 bits per heavy atom. The zero-order chi connectivity index (χ0) is 19.9. The van der Waals surface area contributed by atoms with Crippen molar-refractivity contribution in [3.63, 3.8) is 0 Å². The number of hydrogen-bond acceptors (Lipinski definition) is 4. The summed E-state index contributed by atoms with van der Waals surface area (Å²) in [4.78, 5) is 28.8. The zero-order valence-corrected chi connectivity index (χ0v) is 15.1. The number of methoxy groups -OCH3 is 1. The highest BCUT2D eigenvalue weighted by atomic mass is 19.1. The van der Waals surface area contributed by atoms with E-state index in [1.807, 2.05) is 0 Å². The van der Waals surface area contributed by atoms with E-state index in [4.69, 9.17) is 4.74 Å². The summed E-state index contributed by atoms with van der Waals surface area (Å²) >= 11 is 0. The molecule has 2 N–H and O–H groups in total. The molecule has 0 saturated heterocycles. The van der Waals surface area contributed by atoms with Gasteiger partial charge in [0.1, 0.15) is 11.6 Å². The molecule has 0 radical (unpaired) electrons. The number of nitrogens with one attached hydrogen (secondary N) is 2. The average molecular weight is 379 g/mol. The van der Waals surface area contributed by atoms with Crippen molar-refractivity contribution in [3.8, 4) is 5.75 Å². The van der Waals surface area contributed by atoms with E-state index in [2.05, 4.69) is 15.6 Å². The number of ether oxygens (including phenoxy) is 1. The fourth-order valence-electron chi connectivity index (χ4n) is 2.52. The molecule has 142 valence electrons. The van der Waals surface area contributed by atoms with Gasteiger partial charge in [-0.3, -0.25) is 14.6 Å². The van der Waals surface area contributed by atoms with E-state index in [0.717, 1.165) is 5.56 Å². The van der Waals surface area contributed by atoms with Gasteiger partial charge in [0, 0.05) is 18.9 Å². The third-order valence-electron chi connectivity index (χ3n) is 3.98. The lowest BCUT2D eigenvalue weighted by Gasteiger charge is -2.10. The molecule has 1 heterocycles. The van der Waals surface area contributed by atoms with E-state index >= 15 is 0 Å². The maximum Gasteiger partial charge on any atom is 0.257 e. The predicted octanol–water partition coefficient (Wildman–Crippen LogP) is 3.41. The van der Waals surface area contributed by atoms with Crippen molar-refractivity contribution in [1.29, 1.82) is 0 Å². The normalized spacial score (nSPS) is 10.2. The predicted molar refractivity (Wildman–Crippen MR) is 103 cm³/mol. The molecular formula is C21H18FN3O3. The molecule has 0 spiro atoms. The summed E-state index contributed by atoms with van der Waals surface area (Å²) in [7, 11) is 1.51. The molecule has 0 aliphatic heterocycles. The highest BCUT2D eigenvalue weighted by molar-refractivity contribution is 6.06. The summed E-state index contributed by atoms with van der Waals surface area (Å²) in [5.41, 5.74) is 1.75. The second kappa shape index (κ2) is 8.77. The van der Waals surface area contributed by atoms with Crippen LogP contribution in [-0.4, -0.2) is 23.9 Å². The minimum atomic E-state index is -0.412. The number of halogens is 1. The topological polar surface area (TPSA) is 80.3 Å². The highest BCUT2D eigenvalue weighted by Gasteiger charge is 2.13. The second-order valence-corrected chi connectivity index (χ2v) is 5.93. The number of para-hydroxylation sites is 2. The Labute approximate surface area is 161 Å². The average Bonchev–Trinajstić information content (AvgIpc) is 2.73. The first kappa shape index (κ1) is 19.0. The van der Waals surface area contributed by atoms with Crippen LogP contribution in [0.15, 0.2) is 67.0 Å². The van der Waals surface area contributed by atoms with Gasteiger partial charge >= 0.3 is 0 Å². The van der Waals surface area contributed by atoms with Crippen LogP contribution in [0.4, 0.5) is 10.1 Å². The first-order chi connectivity index (χ1) is 13.6. The van der Waals surface area contributed by atoms with Crippen molar-refractivity contribution in [1.82, 2.24) is 10.3 Å². The minimum Gasteiger partial charge on any atom is -0.495 e. The lowest BCUT2D eigenvalue weighted by atomic mass is 10.1. The Bertz CT molecular complexity index is 990. The van der Waals surface area contributed by atoms with Crippen molar-refractivity contribution in [2.24, 2.45) is 0 Å². The number of pyridine rings is 1. The van der Waals surface area contributed by atoms with Crippen LogP contribution in [0, 0.1) is 5.82 Å². The molecule has 3 aromatic rings. The summed E-state index contributed by atoms with van der Waals surface area (Å²) in [5.74, 6) is -0.612. The quantitative estimate of drug-likeness (QED) is 0.688. The third kappa shape index (κ3) is 4.70. The molecule has 3 rings (SSSR count). The SMILES string of the molecule is COc1ccccc1NC(=O)c1cncc(C(=O)NCc2ccc(F)cc2)c1. The van der Waals surface area contributed by atoms with Crippen LogP contribution in [-0.2, 0) is 6.54 Å². The summed E-state index contributed by atoms with van der Waals surface area (Å²) in [6.45, 7) is 0.233. The molecule has 0 aliphatic carbocycles. The van der Waals surface area contributed by atoms with E-state index < -0.39 is 5.91 Å². The van der Waals surface area contributed by atoms with Crippen molar-refractivity contribution in [3.05, 3.63) is 89.5 Å². The molecule has 1 aromatic heterocycles. The number of amides is 2. The Morgan fingerprint density at radius 1 is 1.00 bits per heavy atom. The largest absolute Gasteiger partial charge is 0.495 e. The number of anilines is 1. The molecule has 0 unspecified atom stereocenters. The highest BCUT2D eigenvalue weighted by Crippen LogP contribution is 2.23. The van der Waals surface area contributed by atoms with Crippen LogP contribution in [0.3, 0.4) is 0 Å². The van der Waals surface area contributed by atoms with E-state index in [0.29, 0.717) is 11.4 Å². The van der Waals surface area contributed by atoms with E-state index in [9.17, 15) is 14.0 Å². The van der Waals surface area contributed by atoms with Gasteiger partial charge in [0.25, 0.3) is 11.8 Å². The third-order valence-corrected chi connectivity index (χ3v) is 3.98. The molecule has 0 saturated carbocycles. The van der Waals surface area contributed by atoms with Gasteiger partial charge in [-0.1, -0.05) is 24.3 Å². The van der Waals surface area contributed by atoms with Crippen LogP contribution in [0.5, 0.6) is 5.75 Å². The number of hydrogen-bond donors (Lipinski definition) is 2.